The van der Waals surface area contributed by atoms with E-state index < -0.39 is 0 Å². The van der Waals surface area contributed by atoms with Gasteiger partial charge in [0.1, 0.15) is 0 Å². The average Bonchev–Trinajstić information content (AvgIpc) is 2.35. The van der Waals surface area contributed by atoms with Gasteiger partial charge in [-0.15, -0.1) is 0 Å². The standard InChI is InChI=1S/C19H25N/c1-13-6-7-18(16(4)9-13)19(20-5)12-17-10-14(2)8-15(3)11-17/h6-11,19-20H,12H2,1-5H3. The number of hydrogen-bond donors (Lipinski definition) is 1. The Balaban J connectivity index is 2.28. The van der Waals surface area contributed by atoms with Gasteiger partial charge in [-0.3, -0.25) is 0 Å². The van der Waals surface area contributed by atoms with Crippen molar-refractivity contribution in [3.8, 4) is 0 Å². The second kappa shape index (κ2) is 6.23. The van der Waals surface area contributed by atoms with Crippen LogP contribution in [0.5, 0.6) is 0 Å². The maximum atomic E-state index is 3.47. The predicted molar refractivity (Wildman–Crippen MR) is 87.3 cm³/mol. The summed E-state index contributed by atoms with van der Waals surface area (Å²) in [7, 11) is 2.05. The van der Waals surface area contributed by atoms with Gasteiger partial charge in [0.15, 0.2) is 0 Å². The van der Waals surface area contributed by atoms with Crippen molar-refractivity contribution in [2.45, 2.75) is 40.2 Å². The highest BCUT2D eigenvalue weighted by molar-refractivity contribution is 5.35. The first-order valence-electron chi connectivity index (χ1n) is 7.31. The molecule has 0 radical (unpaired) electrons. The second-order valence-corrected chi connectivity index (χ2v) is 5.90. The Kier molecular flexibility index (Phi) is 4.61. The van der Waals surface area contributed by atoms with Crippen LogP contribution in [-0.4, -0.2) is 7.05 Å². The third kappa shape index (κ3) is 3.49. The molecule has 0 aliphatic heterocycles. The Bertz CT molecular complexity index is 578. The number of nitrogens with one attached hydrogen (secondary N) is 1. The number of likely N-dealkylation sites (N-methyl/N-ethyl adjacent to an activating group) is 1. The zero-order chi connectivity index (χ0) is 14.7. The lowest BCUT2D eigenvalue weighted by Crippen LogP contribution is -2.20. The summed E-state index contributed by atoms with van der Waals surface area (Å²) >= 11 is 0. The van der Waals surface area contributed by atoms with Gasteiger partial charge in [0.25, 0.3) is 0 Å². The predicted octanol–water partition coefficient (Wildman–Crippen LogP) is 4.42. The third-order valence-electron chi connectivity index (χ3n) is 3.87. The van der Waals surface area contributed by atoms with Crippen molar-refractivity contribution in [2.75, 3.05) is 7.05 Å². The van der Waals surface area contributed by atoms with Crippen LogP contribution in [0.15, 0.2) is 36.4 Å². The number of hydrogen-bond acceptors (Lipinski definition) is 1. The minimum absolute atomic E-state index is 0.372. The van der Waals surface area contributed by atoms with Crippen LogP contribution in [0.3, 0.4) is 0 Å². The first-order valence-corrected chi connectivity index (χ1v) is 7.31. The van der Waals surface area contributed by atoms with Crippen LogP contribution in [0.1, 0.15) is 39.4 Å². The minimum atomic E-state index is 0.372. The van der Waals surface area contributed by atoms with E-state index in [0.29, 0.717) is 6.04 Å². The fourth-order valence-electron chi connectivity index (χ4n) is 3.01. The maximum Gasteiger partial charge on any atom is 0.0361 e. The van der Waals surface area contributed by atoms with E-state index in [1.807, 2.05) is 7.05 Å². The highest BCUT2D eigenvalue weighted by atomic mass is 14.9. The van der Waals surface area contributed by atoms with E-state index in [1.54, 1.807) is 0 Å². The second-order valence-electron chi connectivity index (χ2n) is 5.90. The smallest absolute Gasteiger partial charge is 0.0361 e. The van der Waals surface area contributed by atoms with Crippen molar-refractivity contribution in [1.82, 2.24) is 5.32 Å². The SMILES string of the molecule is CNC(Cc1cc(C)cc(C)c1)c1ccc(C)cc1C. The Morgan fingerprint density at radius 2 is 1.50 bits per heavy atom. The molecule has 2 aromatic rings. The minimum Gasteiger partial charge on any atom is -0.313 e. The molecule has 0 aliphatic rings. The summed E-state index contributed by atoms with van der Waals surface area (Å²) in [5, 5.41) is 3.47. The molecule has 2 rings (SSSR count). The van der Waals surface area contributed by atoms with Crippen molar-refractivity contribution in [3.63, 3.8) is 0 Å². The van der Waals surface area contributed by atoms with Crippen molar-refractivity contribution in [1.29, 1.82) is 0 Å². The zero-order valence-corrected chi connectivity index (χ0v) is 13.2. The molecule has 1 heteroatoms. The summed E-state index contributed by atoms with van der Waals surface area (Å²) in [6.07, 6.45) is 1.03. The molecule has 0 saturated carbocycles. The lowest BCUT2D eigenvalue weighted by atomic mass is 9.93. The lowest BCUT2D eigenvalue weighted by Gasteiger charge is -2.20. The molecule has 0 saturated heterocycles. The van der Waals surface area contributed by atoms with Crippen LogP contribution in [0, 0.1) is 27.7 Å². The molecule has 0 heterocycles. The molecule has 20 heavy (non-hydrogen) atoms. The van der Waals surface area contributed by atoms with E-state index in [-0.39, 0.29) is 0 Å². The quantitative estimate of drug-likeness (QED) is 0.864. The highest BCUT2D eigenvalue weighted by Crippen LogP contribution is 2.23. The van der Waals surface area contributed by atoms with Gasteiger partial charge in [0, 0.05) is 6.04 Å². The molecule has 1 nitrogen and oxygen atoms in total. The number of rotatable bonds is 4. The highest BCUT2D eigenvalue weighted by Gasteiger charge is 2.13. The third-order valence-corrected chi connectivity index (χ3v) is 3.87. The molecular weight excluding hydrogens is 242 g/mol. The van der Waals surface area contributed by atoms with Crippen LogP contribution in [0.4, 0.5) is 0 Å². The zero-order valence-electron chi connectivity index (χ0n) is 13.2. The van der Waals surface area contributed by atoms with Crippen LogP contribution < -0.4 is 5.32 Å². The monoisotopic (exact) mass is 267 g/mol. The molecule has 0 bridgehead atoms. The summed E-state index contributed by atoms with van der Waals surface area (Å²) in [6.45, 7) is 8.69. The summed E-state index contributed by atoms with van der Waals surface area (Å²) in [5.74, 6) is 0. The van der Waals surface area contributed by atoms with Crippen LogP contribution in [0.2, 0.25) is 0 Å². The molecule has 0 aromatic heterocycles. The van der Waals surface area contributed by atoms with Crippen molar-refractivity contribution in [3.05, 3.63) is 69.8 Å². The average molecular weight is 267 g/mol. The van der Waals surface area contributed by atoms with E-state index in [9.17, 15) is 0 Å². The van der Waals surface area contributed by atoms with E-state index in [4.69, 9.17) is 0 Å². The Hall–Kier alpha value is -1.60. The normalized spacial score (nSPS) is 12.4. The fourth-order valence-corrected chi connectivity index (χ4v) is 3.01. The van der Waals surface area contributed by atoms with Gasteiger partial charge in [-0.05, 0) is 57.9 Å². The fraction of sp³-hybridized carbons (Fsp3) is 0.368. The lowest BCUT2D eigenvalue weighted by molar-refractivity contribution is 0.588. The van der Waals surface area contributed by atoms with Crippen molar-refractivity contribution < 1.29 is 0 Å². The molecule has 0 spiro atoms. The van der Waals surface area contributed by atoms with Crippen LogP contribution >= 0.6 is 0 Å². The van der Waals surface area contributed by atoms with Gasteiger partial charge in [0.2, 0.25) is 0 Å². The van der Waals surface area contributed by atoms with Gasteiger partial charge in [-0.25, -0.2) is 0 Å². The van der Waals surface area contributed by atoms with Gasteiger partial charge in [0.05, 0.1) is 0 Å². The summed E-state index contributed by atoms with van der Waals surface area (Å²) in [4.78, 5) is 0. The Morgan fingerprint density at radius 3 is 2.05 bits per heavy atom. The summed E-state index contributed by atoms with van der Waals surface area (Å²) in [6, 6.07) is 13.9. The molecule has 106 valence electrons. The molecule has 1 unspecified atom stereocenters. The molecular formula is C19H25N. The maximum absolute atomic E-state index is 3.47. The van der Waals surface area contributed by atoms with Crippen LogP contribution in [-0.2, 0) is 6.42 Å². The first-order chi connectivity index (χ1) is 9.49. The topological polar surface area (TPSA) is 12.0 Å². The van der Waals surface area contributed by atoms with Crippen molar-refractivity contribution in [2.24, 2.45) is 0 Å². The van der Waals surface area contributed by atoms with E-state index in [0.717, 1.165) is 6.42 Å². The molecule has 2 aromatic carbocycles. The molecule has 0 fully saturated rings. The molecule has 0 aliphatic carbocycles. The first kappa shape index (κ1) is 14.8. The van der Waals surface area contributed by atoms with E-state index >= 15 is 0 Å². The molecule has 1 N–H and O–H groups in total. The number of benzene rings is 2. The van der Waals surface area contributed by atoms with E-state index in [1.165, 1.54) is 33.4 Å². The van der Waals surface area contributed by atoms with Crippen LogP contribution in [0.25, 0.3) is 0 Å². The van der Waals surface area contributed by atoms with Crippen molar-refractivity contribution >= 4 is 0 Å². The van der Waals surface area contributed by atoms with Gasteiger partial charge >= 0.3 is 0 Å². The van der Waals surface area contributed by atoms with Gasteiger partial charge < -0.3 is 5.32 Å². The number of aryl methyl sites for hydroxylation is 4. The largest absolute Gasteiger partial charge is 0.313 e. The van der Waals surface area contributed by atoms with Gasteiger partial charge in [-0.2, -0.15) is 0 Å². The Labute approximate surface area is 123 Å². The van der Waals surface area contributed by atoms with Gasteiger partial charge in [-0.1, -0.05) is 53.1 Å². The summed E-state index contributed by atoms with van der Waals surface area (Å²) < 4.78 is 0. The summed E-state index contributed by atoms with van der Waals surface area (Å²) in [5.41, 5.74) is 8.19. The van der Waals surface area contributed by atoms with E-state index in [2.05, 4.69) is 69.4 Å². The molecule has 1 atom stereocenters. The molecule has 0 amide bonds. The Morgan fingerprint density at radius 1 is 0.850 bits per heavy atom.